The molecule has 0 aromatic heterocycles. The van der Waals surface area contributed by atoms with Crippen LogP contribution in [0.15, 0.2) is 65.3 Å². The molecule has 10 heteroatoms. The highest BCUT2D eigenvalue weighted by Crippen LogP contribution is 2.36. The summed E-state index contributed by atoms with van der Waals surface area (Å²) in [5.41, 5.74) is 2.84. The number of ether oxygens (including phenoxy) is 3. The van der Waals surface area contributed by atoms with Crippen molar-refractivity contribution < 1.29 is 23.9 Å². The van der Waals surface area contributed by atoms with Gasteiger partial charge in [0.2, 0.25) is 5.90 Å². The number of halogens is 2. The number of aryl methyl sites for hydroxylation is 1. The second kappa shape index (κ2) is 11.1. The Bertz CT molecular complexity index is 1400. The van der Waals surface area contributed by atoms with Gasteiger partial charge in [0.25, 0.3) is 5.69 Å². The standard InChI is InChI=1S/C26H20ClIN2O6/c1-3-34-23-12-17(10-21(28)24(23)35-14-16-6-4-15(2)5-7-16)11-22-26(31)36-25(29-22)19-13-18(30(32)33)8-9-20(19)27/h4-13H,3,14H2,1-2H3/b22-11-. The van der Waals surface area contributed by atoms with E-state index in [0.29, 0.717) is 30.3 Å². The van der Waals surface area contributed by atoms with Crippen LogP contribution in [0.1, 0.15) is 29.2 Å². The number of carbonyl (C=O) groups excluding carboxylic acids is 1. The number of nitrogens with zero attached hydrogens (tertiary/aromatic N) is 2. The Hall–Kier alpha value is -3.44. The van der Waals surface area contributed by atoms with Gasteiger partial charge in [-0.3, -0.25) is 10.1 Å². The highest BCUT2D eigenvalue weighted by atomic mass is 127. The summed E-state index contributed by atoms with van der Waals surface area (Å²) in [6.45, 7) is 4.70. The van der Waals surface area contributed by atoms with E-state index >= 15 is 0 Å². The molecule has 3 aromatic rings. The lowest BCUT2D eigenvalue weighted by Gasteiger charge is -2.15. The summed E-state index contributed by atoms with van der Waals surface area (Å²) < 4.78 is 17.9. The Balaban J connectivity index is 1.63. The smallest absolute Gasteiger partial charge is 0.363 e. The van der Waals surface area contributed by atoms with Crippen LogP contribution in [-0.2, 0) is 16.1 Å². The van der Waals surface area contributed by atoms with E-state index in [-0.39, 0.29) is 27.9 Å². The van der Waals surface area contributed by atoms with Crippen molar-refractivity contribution >= 4 is 57.8 Å². The molecule has 0 bridgehead atoms. The van der Waals surface area contributed by atoms with Crippen LogP contribution in [0.5, 0.6) is 11.5 Å². The fourth-order valence-electron chi connectivity index (χ4n) is 3.39. The predicted molar refractivity (Wildman–Crippen MR) is 145 cm³/mol. The lowest BCUT2D eigenvalue weighted by atomic mass is 10.1. The van der Waals surface area contributed by atoms with Gasteiger partial charge in [-0.25, -0.2) is 9.79 Å². The van der Waals surface area contributed by atoms with E-state index in [1.165, 1.54) is 23.8 Å². The molecular formula is C26H20ClIN2O6. The minimum Gasteiger partial charge on any atom is -0.490 e. The van der Waals surface area contributed by atoms with Crippen molar-refractivity contribution in [3.05, 3.63) is 101 Å². The van der Waals surface area contributed by atoms with Gasteiger partial charge in [-0.05, 0) is 71.8 Å². The molecule has 0 saturated carbocycles. The molecule has 36 heavy (non-hydrogen) atoms. The number of hydrogen-bond acceptors (Lipinski definition) is 7. The maximum atomic E-state index is 12.5. The first-order chi connectivity index (χ1) is 17.2. The second-order valence-corrected chi connectivity index (χ2v) is 9.36. The molecule has 184 valence electrons. The number of non-ortho nitro benzene ring substituents is 1. The third kappa shape index (κ3) is 5.85. The van der Waals surface area contributed by atoms with Crippen LogP contribution in [0.3, 0.4) is 0 Å². The second-order valence-electron chi connectivity index (χ2n) is 7.79. The molecule has 1 aliphatic rings. The molecule has 8 nitrogen and oxygen atoms in total. The van der Waals surface area contributed by atoms with Crippen LogP contribution in [0.25, 0.3) is 6.08 Å². The van der Waals surface area contributed by atoms with E-state index in [4.69, 9.17) is 25.8 Å². The summed E-state index contributed by atoms with van der Waals surface area (Å²) in [6, 6.07) is 15.5. The van der Waals surface area contributed by atoms with E-state index in [1.54, 1.807) is 12.1 Å². The quantitative estimate of drug-likeness (QED) is 0.0942. The zero-order valence-corrected chi connectivity index (χ0v) is 22.2. The van der Waals surface area contributed by atoms with E-state index in [9.17, 15) is 14.9 Å². The number of esters is 1. The van der Waals surface area contributed by atoms with Crippen molar-refractivity contribution in [1.29, 1.82) is 0 Å². The van der Waals surface area contributed by atoms with Crippen molar-refractivity contribution in [1.82, 2.24) is 0 Å². The molecule has 0 saturated heterocycles. The summed E-state index contributed by atoms with van der Waals surface area (Å²) in [5.74, 6) is 0.334. The fraction of sp³-hybridized carbons (Fsp3) is 0.154. The molecule has 0 spiro atoms. The van der Waals surface area contributed by atoms with Gasteiger partial charge < -0.3 is 14.2 Å². The van der Waals surface area contributed by atoms with Crippen LogP contribution >= 0.6 is 34.2 Å². The SMILES string of the molecule is CCOc1cc(/C=C2\N=C(c3cc([N+](=O)[O-])ccc3Cl)OC2=O)cc(I)c1OCc1ccc(C)cc1. The van der Waals surface area contributed by atoms with E-state index in [1.807, 2.05) is 44.2 Å². The molecule has 0 fully saturated rings. The molecule has 1 heterocycles. The minimum absolute atomic E-state index is 0.0270. The Morgan fingerprint density at radius 1 is 1.14 bits per heavy atom. The van der Waals surface area contributed by atoms with Crippen molar-refractivity contribution in [3.63, 3.8) is 0 Å². The number of nitro groups is 1. The van der Waals surface area contributed by atoms with Gasteiger partial charge >= 0.3 is 5.97 Å². The van der Waals surface area contributed by atoms with Gasteiger partial charge in [-0.2, -0.15) is 0 Å². The number of hydrogen-bond donors (Lipinski definition) is 0. The van der Waals surface area contributed by atoms with Crippen LogP contribution in [0.4, 0.5) is 5.69 Å². The van der Waals surface area contributed by atoms with Gasteiger partial charge in [0.1, 0.15) is 6.61 Å². The van der Waals surface area contributed by atoms with E-state index in [0.717, 1.165) is 9.13 Å². The van der Waals surface area contributed by atoms with Crippen LogP contribution in [-0.4, -0.2) is 23.4 Å². The summed E-state index contributed by atoms with van der Waals surface area (Å²) in [6.07, 6.45) is 1.55. The molecule has 0 unspecified atom stereocenters. The lowest BCUT2D eigenvalue weighted by molar-refractivity contribution is -0.384. The number of cyclic esters (lactones) is 1. The Morgan fingerprint density at radius 3 is 2.58 bits per heavy atom. The van der Waals surface area contributed by atoms with Gasteiger partial charge in [0, 0.05) is 12.1 Å². The van der Waals surface area contributed by atoms with E-state index in [2.05, 4.69) is 27.6 Å². The average molecular weight is 619 g/mol. The fourth-order valence-corrected chi connectivity index (χ4v) is 4.37. The molecule has 4 rings (SSSR count). The summed E-state index contributed by atoms with van der Waals surface area (Å²) in [7, 11) is 0. The van der Waals surface area contributed by atoms with E-state index < -0.39 is 10.9 Å². The van der Waals surface area contributed by atoms with Crippen molar-refractivity contribution in [2.24, 2.45) is 4.99 Å². The monoisotopic (exact) mass is 618 g/mol. The maximum absolute atomic E-state index is 12.5. The highest BCUT2D eigenvalue weighted by Gasteiger charge is 2.27. The van der Waals surface area contributed by atoms with Crippen molar-refractivity contribution in [2.75, 3.05) is 6.61 Å². The van der Waals surface area contributed by atoms with Crippen LogP contribution in [0.2, 0.25) is 5.02 Å². The highest BCUT2D eigenvalue weighted by molar-refractivity contribution is 14.1. The lowest BCUT2D eigenvalue weighted by Crippen LogP contribution is -2.06. The number of nitro benzene ring substituents is 1. The normalized spacial score (nSPS) is 13.9. The molecule has 0 radical (unpaired) electrons. The molecule has 0 amide bonds. The third-order valence-electron chi connectivity index (χ3n) is 5.15. The number of rotatable bonds is 8. The van der Waals surface area contributed by atoms with Crippen LogP contribution < -0.4 is 9.47 Å². The van der Waals surface area contributed by atoms with Gasteiger partial charge in [0.15, 0.2) is 17.2 Å². The first kappa shape index (κ1) is 25.6. The summed E-state index contributed by atoms with van der Waals surface area (Å²) >= 11 is 8.32. The molecule has 0 atom stereocenters. The van der Waals surface area contributed by atoms with Crippen molar-refractivity contribution in [2.45, 2.75) is 20.5 Å². The molecule has 0 aliphatic carbocycles. The Kier molecular flexibility index (Phi) is 7.90. The Morgan fingerprint density at radius 2 is 1.89 bits per heavy atom. The number of aliphatic imine (C=N–C) groups is 1. The van der Waals surface area contributed by atoms with Gasteiger partial charge in [-0.1, -0.05) is 41.4 Å². The summed E-state index contributed by atoms with van der Waals surface area (Å²) in [4.78, 5) is 27.3. The summed E-state index contributed by atoms with van der Waals surface area (Å²) in [5, 5.41) is 11.3. The molecule has 1 aliphatic heterocycles. The maximum Gasteiger partial charge on any atom is 0.363 e. The predicted octanol–water partition coefficient (Wildman–Crippen LogP) is 6.48. The largest absolute Gasteiger partial charge is 0.490 e. The van der Waals surface area contributed by atoms with Gasteiger partial charge in [0.05, 0.1) is 25.7 Å². The number of benzene rings is 3. The Labute approximate surface area is 225 Å². The zero-order chi connectivity index (χ0) is 25.8. The minimum atomic E-state index is -0.694. The zero-order valence-electron chi connectivity index (χ0n) is 19.3. The first-order valence-corrected chi connectivity index (χ1v) is 12.3. The van der Waals surface area contributed by atoms with Crippen LogP contribution in [0, 0.1) is 20.6 Å². The molecule has 3 aromatic carbocycles. The van der Waals surface area contributed by atoms with Crippen molar-refractivity contribution in [3.8, 4) is 11.5 Å². The average Bonchev–Trinajstić information content (AvgIpc) is 3.19. The third-order valence-corrected chi connectivity index (χ3v) is 6.28. The topological polar surface area (TPSA) is 100 Å². The van der Waals surface area contributed by atoms with Gasteiger partial charge in [-0.15, -0.1) is 0 Å². The first-order valence-electron chi connectivity index (χ1n) is 10.9. The number of carbonyl (C=O) groups is 1. The molecule has 0 N–H and O–H groups in total. The molecular weight excluding hydrogens is 599 g/mol.